The summed E-state index contributed by atoms with van der Waals surface area (Å²) >= 11 is 6.06. The Morgan fingerprint density at radius 2 is 1.81 bits per heavy atom. The summed E-state index contributed by atoms with van der Waals surface area (Å²) in [6, 6.07) is 5.33. The molecule has 1 fully saturated rings. The fourth-order valence-electron chi connectivity index (χ4n) is 3.52. The number of hydrogen-bond donors (Lipinski definition) is 3. The van der Waals surface area contributed by atoms with Crippen LogP contribution in [0.4, 0.5) is 10.5 Å². The minimum absolute atomic E-state index is 0.0286. The standard InChI is InChI=1S/C16H24ClN3O/c1-9-6-7-10(8-11(9)17)19-14(21)20-13-15(2,3)12(18)16(13,4)5/h6-8,12-13H,18H2,1-5H3,(H2,19,20,21). The Balaban J connectivity index is 2.04. The molecule has 4 N–H and O–H groups in total. The van der Waals surface area contributed by atoms with Crippen LogP contribution in [0.25, 0.3) is 0 Å². The Kier molecular flexibility index (Phi) is 3.98. The molecule has 1 aromatic carbocycles. The van der Waals surface area contributed by atoms with Gasteiger partial charge in [0.2, 0.25) is 0 Å². The van der Waals surface area contributed by atoms with Gasteiger partial charge in [-0.1, -0.05) is 45.4 Å². The summed E-state index contributed by atoms with van der Waals surface area (Å²) in [6.45, 7) is 10.2. The first-order valence-electron chi connectivity index (χ1n) is 7.16. The number of nitrogens with one attached hydrogen (secondary N) is 2. The zero-order valence-corrected chi connectivity index (χ0v) is 14.0. The zero-order valence-electron chi connectivity index (χ0n) is 13.3. The Morgan fingerprint density at radius 1 is 1.24 bits per heavy atom. The summed E-state index contributed by atoms with van der Waals surface area (Å²) in [5.74, 6) is 0. The van der Waals surface area contributed by atoms with E-state index in [4.69, 9.17) is 17.3 Å². The molecule has 0 radical (unpaired) electrons. The maximum atomic E-state index is 12.2. The van der Waals surface area contributed by atoms with Gasteiger partial charge >= 0.3 is 6.03 Å². The van der Waals surface area contributed by atoms with Crippen LogP contribution in [0.1, 0.15) is 33.3 Å². The maximum Gasteiger partial charge on any atom is 0.319 e. The fraction of sp³-hybridized carbons (Fsp3) is 0.562. The molecule has 2 rings (SSSR count). The van der Waals surface area contributed by atoms with Crippen molar-refractivity contribution < 1.29 is 4.79 Å². The number of carbonyl (C=O) groups is 1. The van der Waals surface area contributed by atoms with Gasteiger partial charge in [-0.2, -0.15) is 0 Å². The van der Waals surface area contributed by atoms with E-state index >= 15 is 0 Å². The van der Waals surface area contributed by atoms with Gasteiger partial charge in [0.1, 0.15) is 0 Å². The predicted molar refractivity (Wildman–Crippen MR) is 87.7 cm³/mol. The van der Waals surface area contributed by atoms with E-state index < -0.39 is 0 Å². The lowest BCUT2D eigenvalue weighted by Gasteiger charge is -2.62. The van der Waals surface area contributed by atoms with Gasteiger partial charge in [0, 0.05) is 33.6 Å². The molecule has 0 aliphatic heterocycles. The van der Waals surface area contributed by atoms with E-state index in [1.165, 1.54) is 0 Å². The molecule has 0 aromatic heterocycles. The molecule has 1 aliphatic carbocycles. The summed E-state index contributed by atoms with van der Waals surface area (Å²) < 4.78 is 0. The third-order valence-electron chi connectivity index (χ3n) is 4.80. The average Bonchev–Trinajstić information content (AvgIpc) is 2.39. The molecule has 1 saturated carbocycles. The van der Waals surface area contributed by atoms with Crippen molar-refractivity contribution in [2.45, 2.75) is 46.7 Å². The van der Waals surface area contributed by atoms with Crippen molar-refractivity contribution in [3.63, 3.8) is 0 Å². The number of rotatable bonds is 2. The zero-order chi connectivity index (χ0) is 16.0. The SMILES string of the molecule is Cc1ccc(NC(=O)NC2C(C)(C)C(N)C2(C)C)cc1Cl. The molecule has 116 valence electrons. The Hall–Kier alpha value is -1.26. The highest BCUT2D eigenvalue weighted by Crippen LogP contribution is 2.52. The number of benzene rings is 1. The number of aryl methyl sites for hydroxylation is 1. The van der Waals surface area contributed by atoms with Crippen LogP contribution in [0.15, 0.2) is 18.2 Å². The van der Waals surface area contributed by atoms with Crippen LogP contribution < -0.4 is 16.4 Å². The molecule has 1 aromatic rings. The van der Waals surface area contributed by atoms with Crippen LogP contribution >= 0.6 is 11.6 Å². The fourth-order valence-corrected chi connectivity index (χ4v) is 3.70. The Morgan fingerprint density at radius 3 is 2.33 bits per heavy atom. The van der Waals surface area contributed by atoms with Gasteiger partial charge in [-0.25, -0.2) is 4.79 Å². The molecule has 1 aliphatic rings. The number of halogens is 1. The van der Waals surface area contributed by atoms with Crippen molar-refractivity contribution in [2.24, 2.45) is 16.6 Å². The molecule has 21 heavy (non-hydrogen) atoms. The van der Waals surface area contributed by atoms with E-state index in [9.17, 15) is 4.79 Å². The average molecular weight is 310 g/mol. The van der Waals surface area contributed by atoms with Crippen LogP contribution in [0.3, 0.4) is 0 Å². The maximum absolute atomic E-state index is 12.2. The molecule has 0 atom stereocenters. The summed E-state index contributed by atoms with van der Waals surface area (Å²) in [7, 11) is 0. The summed E-state index contributed by atoms with van der Waals surface area (Å²) in [4.78, 5) is 12.2. The summed E-state index contributed by atoms with van der Waals surface area (Å²) in [6.07, 6.45) is 0. The minimum Gasteiger partial charge on any atom is -0.334 e. The molecule has 5 heteroatoms. The van der Waals surface area contributed by atoms with Gasteiger partial charge in [0.15, 0.2) is 0 Å². The van der Waals surface area contributed by atoms with E-state index in [2.05, 4.69) is 38.3 Å². The lowest BCUT2D eigenvalue weighted by Crippen LogP contribution is -2.76. The molecule has 2 amide bonds. The van der Waals surface area contributed by atoms with Crippen molar-refractivity contribution in [3.05, 3.63) is 28.8 Å². The largest absolute Gasteiger partial charge is 0.334 e. The van der Waals surface area contributed by atoms with Crippen LogP contribution in [-0.2, 0) is 0 Å². The van der Waals surface area contributed by atoms with Gasteiger partial charge in [-0.3, -0.25) is 0 Å². The molecule has 4 nitrogen and oxygen atoms in total. The highest BCUT2D eigenvalue weighted by molar-refractivity contribution is 6.31. The van der Waals surface area contributed by atoms with Gasteiger partial charge in [-0.05, 0) is 24.6 Å². The predicted octanol–water partition coefficient (Wildman–Crippen LogP) is 3.53. The first-order chi connectivity index (χ1) is 9.56. The lowest BCUT2D eigenvalue weighted by molar-refractivity contribution is -0.0638. The van der Waals surface area contributed by atoms with Crippen LogP contribution in [0.2, 0.25) is 5.02 Å². The molecule has 0 unspecified atom stereocenters. The Bertz CT molecular complexity index is 553. The number of hydrogen-bond acceptors (Lipinski definition) is 2. The van der Waals surface area contributed by atoms with Gasteiger partial charge in [0.25, 0.3) is 0 Å². The van der Waals surface area contributed by atoms with Crippen molar-refractivity contribution >= 4 is 23.3 Å². The van der Waals surface area contributed by atoms with Gasteiger partial charge < -0.3 is 16.4 Å². The monoisotopic (exact) mass is 309 g/mol. The molecule has 0 bridgehead atoms. The Labute approximate surface area is 131 Å². The molecular weight excluding hydrogens is 286 g/mol. The normalized spacial score (nSPS) is 25.9. The number of carbonyl (C=O) groups excluding carboxylic acids is 1. The van der Waals surface area contributed by atoms with E-state index in [0.717, 1.165) is 5.56 Å². The number of amides is 2. The van der Waals surface area contributed by atoms with Crippen molar-refractivity contribution in [3.8, 4) is 0 Å². The van der Waals surface area contributed by atoms with Crippen LogP contribution in [-0.4, -0.2) is 18.1 Å². The second kappa shape index (κ2) is 5.18. The van der Waals surface area contributed by atoms with Crippen molar-refractivity contribution in [1.29, 1.82) is 0 Å². The third-order valence-corrected chi connectivity index (χ3v) is 5.20. The first-order valence-corrected chi connectivity index (χ1v) is 7.54. The molecular formula is C16H24ClN3O. The van der Waals surface area contributed by atoms with E-state index in [0.29, 0.717) is 10.7 Å². The highest BCUT2D eigenvalue weighted by Gasteiger charge is 2.60. The third kappa shape index (κ3) is 2.74. The molecule has 0 saturated heterocycles. The topological polar surface area (TPSA) is 67.2 Å². The molecule has 0 heterocycles. The molecule has 0 spiro atoms. The summed E-state index contributed by atoms with van der Waals surface area (Å²) in [5.41, 5.74) is 7.63. The lowest BCUT2D eigenvalue weighted by atomic mass is 9.48. The smallest absolute Gasteiger partial charge is 0.319 e. The quantitative estimate of drug-likeness (QED) is 0.782. The number of nitrogens with two attached hydrogens (primary N) is 1. The van der Waals surface area contributed by atoms with Gasteiger partial charge in [0.05, 0.1) is 0 Å². The minimum atomic E-state index is -0.229. The highest BCUT2D eigenvalue weighted by atomic mass is 35.5. The van der Waals surface area contributed by atoms with Crippen LogP contribution in [0.5, 0.6) is 0 Å². The first kappa shape index (κ1) is 16.1. The van der Waals surface area contributed by atoms with Crippen LogP contribution in [0, 0.1) is 17.8 Å². The van der Waals surface area contributed by atoms with Crippen molar-refractivity contribution in [1.82, 2.24) is 5.32 Å². The number of anilines is 1. The van der Waals surface area contributed by atoms with Crippen molar-refractivity contribution in [2.75, 3.05) is 5.32 Å². The summed E-state index contributed by atoms with van der Waals surface area (Å²) in [5, 5.41) is 6.50. The van der Waals surface area contributed by atoms with Gasteiger partial charge in [-0.15, -0.1) is 0 Å². The second-order valence-corrected chi connectivity index (χ2v) is 7.52. The van der Waals surface area contributed by atoms with E-state index in [1.54, 1.807) is 6.07 Å². The number of urea groups is 1. The second-order valence-electron chi connectivity index (χ2n) is 7.12. The van der Waals surface area contributed by atoms with E-state index in [1.807, 2.05) is 19.1 Å². The van der Waals surface area contributed by atoms with E-state index in [-0.39, 0.29) is 28.9 Å².